The predicted molar refractivity (Wildman–Crippen MR) is 83.4 cm³/mol. The number of halogens is 1. The summed E-state index contributed by atoms with van der Waals surface area (Å²) in [5, 5.41) is 12.8. The molecule has 106 valence electrons. The Bertz CT molecular complexity index is 438. The topological polar surface area (TPSA) is 49.3 Å². The molecule has 0 saturated carbocycles. The van der Waals surface area contributed by atoms with Crippen molar-refractivity contribution in [2.45, 2.75) is 43.7 Å². The van der Waals surface area contributed by atoms with Gasteiger partial charge in [0, 0.05) is 9.37 Å². The molecule has 0 spiro atoms. The zero-order valence-electron chi connectivity index (χ0n) is 11.7. The van der Waals surface area contributed by atoms with Crippen molar-refractivity contribution >= 4 is 33.6 Å². The fraction of sp³-hybridized carbons (Fsp3) is 0.500. The number of amides is 1. The third-order valence-corrected chi connectivity index (χ3v) is 4.71. The summed E-state index contributed by atoms with van der Waals surface area (Å²) in [5.74, 6) is 0.251. The molecule has 0 aromatic heterocycles. The Kier molecular flexibility index (Phi) is 5.47. The van der Waals surface area contributed by atoms with Gasteiger partial charge in [-0.15, -0.1) is 11.8 Å². The van der Waals surface area contributed by atoms with Crippen molar-refractivity contribution in [2.75, 3.05) is 5.75 Å². The van der Waals surface area contributed by atoms with Gasteiger partial charge in [-0.2, -0.15) is 0 Å². The molecule has 0 fully saturated rings. The summed E-state index contributed by atoms with van der Waals surface area (Å²) in [5.41, 5.74) is -1.63. The van der Waals surface area contributed by atoms with Gasteiger partial charge in [0.25, 0.3) is 0 Å². The molecule has 0 saturated heterocycles. The number of carbonyl (C=O) groups excluding carboxylic acids is 1. The molecule has 0 bridgehead atoms. The lowest BCUT2D eigenvalue weighted by atomic mass is 9.86. The Morgan fingerprint density at radius 2 is 1.79 bits per heavy atom. The van der Waals surface area contributed by atoms with Gasteiger partial charge in [-0.3, -0.25) is 4.79 Å². The second-order valence-corrected chi connectivity index (χ2v) is 7.44. The highest BCUT2D eigenvalue weighted by Gasteiger charge is 2.36. The third-order valence-electron chi connectivity index (χ3n) is 3.16. The van der Waals surface area contributed by atoms with Crippen LogP contribution in [0.3, 0.4) is 0 Å². The van der Waals surface area contributed by atoms with E-state index in [0.717, 1.165) is 9.37 Å². The number of aliphatic hydroxyl groups is 1. The third kappa shape index (κ3) is 5.16. The van der Waals surface area contributed by atoms with Crippen LogP contribution in [0.4, 0.5) is 0 Å². The van der Waals surface area contributed by atoms with E-state index in [1.807, 2.05) is 38.1 Å². The van der Waals surface area contributed by atoms with Crippen LogP contribution in [0.2, 0.25) is 0 Å². The van der Waals surface area contributed by atoms with Crippen LogP contribution >= 0.6 is 27.7 Å². The molecule has 0 aliphatic carbocycles. The molecule has 5 heteroatoms. The molecule has 0 aliphatic rings. The second-order valence-electron chi connectivity index (χ2n) is 5.47. The molecule has 3 nitrogen and oxygen atoms in total. The SMILES string of the molecule is CC(C)(O)C(C)(C)NC(=O)CSc1ccc(Br)cc1. The number of hydrogen-bond acceptors (Lipinski definition) is 3. The summed E-state index contributed by atoms with van der Waals surface area (Å²) in [7, 11) is 0. The maximum Gasteiger partial charge on any atom is 0.230 e. The molecule has 0 unspecified atom stereocenters. The number of nitrogens with one attached hydrogen (secondary N) is 1. The zero-order valence-corrected chi connectivity index (χ0v) is 14.1. The van der Waals surface area contributed by atoms with Gasteiger partial charge in [0.05, 0.1) is 16.9 Å². The van der Waals surface area contributed by atoms with Crippen molar-refractivity contribution in [3.8, 4) is 0 Å². The smallest absolute Gasteiger partial charge is 0.230 e. The molecular formula is C14H20BrNO2S. The highest BCUT2D eigenvalue weighted by atomic mass is 79.9. The lowest BCUT2D eigenvalue weighted by Gasteiger charge is -2.37. The number of carbonyl (C=O) groups is 1. The van der Waals surface area contributed by atoms with Gasteiger partial charge < -0.3 is 10.4 Å². The maximum absolute atomic E-state index is 11.9. The van der Waals surface area contributed by atoms with Gasteiger partial charge in [0.1, 0.15) is 0 Å². The number of thioether (sulfide) groups is 1. The summed E-state index contributed by atoms with van der Waals surface area (Å²) in [6.07, 6.45) is 0. The van der Waals surface area contributed by atoms with E-state index in [1.54, 1.807) is 13.8 Å². The number of hydrogen-bond donors (Lipinski definition) is 2. The first-order valence-corrected chi connectivity index (χ1v) is 7.81. The van der Waals surface area contributed by atoms with Crippen molar-refractivity contribution in [1.29, 1.82) is 0 Å². The Balaban J connectivity index is 2.51. The molecule has 19 heavy (non-hydrogen) atoms. The average molecular weight is 346 g/mol. The van der Waals surface area contributed by atoms with E-state index in [4.69, 9.17) is 0 Å². The summed E-state index contributed by atoms with van der Waals surface area (Å²) in [6.45, 7) is 7.01. The summed E-state index contributed by atoms with van der Waals surface area (Å²) < 4.78 is 1.02. The average Bonchev–Trinajstić information content (AvgIpc) is 2.26. The second kappa shape index (κ2) is 6.29. The Labute approximate surface area is 127 Å². The summed E-state index contributed by atoms with van der Waals surface area (Å²) in [4.78, 5) is 12.9. The lowest BCUT2D eigenvalue weighted by molar-refractivity contribution is -0.123. The van der Waals surface area contributed by atoms with E-state index in [0.29, 0.717) is 5.75 Å². The Hall–Kier alpha value is -0.520. The van der Waals surface area contributed by atoms with Crippen LogP contribution in [0.25, 0.3) is 0 Å². The van der Waals surface area contributed by atoms with E-state index in [9.17, 15) is 9.90 Å². The quantitative estimate of drug-likeness (QED) is 0.805. The first kappa shape index (κ1) is 16.5. The Morgan fingerprint density at radius 3 is 2.26 bits per heavy atom. The zero-order chi connectivity index (χ0) is 14.7. The predicted octanol–water partition coefficient (Wildman–Crippen LogP) is 3.21. The van der Waals surface area contributed by atoms with E-state index in [1.165, 1.54) is 11.8 Å². The highest BCUT2D eigenvalue weighted by molar-refractivity contribution is 9.10. The molecular weight excluding hydrogens is 326 g/mol. The van der Waals surface area contributed by atoms with E-state index >= 15 is 0 Å². The fourth-order valence-electron chi connectivity index (χ4n) is 1.22. The van der Waals surface area contributed by atoms with Crippen LogP contribution in [0.15, 0.2) is 33.6 Å². The van der Waals surface area contributed by atoms with Crippen molar-refractivity contribution in [3.05, 3.63) is 28.7 Å². The molecule has 1 amide bonds. The molecule has 1 rings (SSSR count). The number of benzene rings is 1. The normalized spacial score (nSPS) is 12.3. The van der Waals surface area contributed by atoms with Gasteiger partial charge in [-0.1, -0.05) is 15.9 Å². The molecule has 0 atom stereocenters. The summed E-state index contributed by atoms with van der Waals surface area (Å²) in [6, 6.07) is 7.81. The van der Waals surface area contributed by atoms with E-state index < -0.39 is 11.1 Å². The van der Waals surface area contributed by atoms with Gasteiger partial charge in [-0.05, 0) is 52.0 Å². The Morgan fingerprint density at radius 1 is 1.26 bits per heavy atom. The van der Waals surface area contributed by atoms with Crippen LogP contribution in [-0.2, 0) is 4.79 Å². The largest absolute Gasteiger partial charge is 0.388 e. The first-order valence-electron chi connectivity index (χ1n) is 6.03. The van der Waals surface area contributed by atoms with Gasteiger partial charge in [-0.25, -0.2) is 0 Å². The van der Waals surface area contributed by atoms with E-state index in [-0.39, 0.29) is 5.91 Å². The van der Waals surface area contributed by atoms with Crippen LogP contribution in [0.1, 0.15) is 27.7 Å². The molecule has 1 aromatic carbocycles. The minimum atomic E-state index is -0.967. The van der Waals surface area contributed by atoms with Crippen LogP contribution in [0, 0.1) is 0 Å². The molecule has 0 aliphatic heterocycles. The monoisotopic (exact) mass is 345 g/mol. The van der Waals surface area contributed by atoms with Gasteiger partial charge >= 0.3 is 0 Å². The van der Waals surface area contributed by atoms with E-state index in [2.05, 4.69) is 21.2 Å². The van der Waals surface area contributed by atoms with Gasteiger partial charge in [0.15, 0.2) is 0 Å². The first-order chi connectivity index (χ1) is 8.62. The van der Waals surface area contributed by atoms with Crippen LogP contribution < -0.4 is 5.32 Å². The molecule has 0 heterocycles. The van der Waals surface area contributed by atoms with Gasteiger partial charge in [0.2, 0.25) is 5.91 Å². The minimum Gasteiger partial charge on any atom is -0.388 e. The standard InChI is InChI=1S/C14H20BrNO2S/c1-13(2,14(3,4)18)16-12(17)9-19-11-7-5-10(15)6-8-11/h5-8,18H,9H2,1-4H3,(H,16,17). The number of rotatable bonds is 5. The van der Waals surface area contributed by atoms with Crippen molar-refractivity contribution in [3.63, 3.8) is 0 Å². The summed E-state index contributed by atoms with van der Waals surface area (Å²) >= 11 is 4.84. The van der Waals surface area contributed by atoms with Crippen LogP contribution in [-0.4, -0.2) is 27.9 Å². The fourth-order valence-corrected chi connectivity index (χ4v) is 2.18. The van der Waals surface area contributed by atoms with Crippen LogP contribution in [0.5, 0.6) is 0 Å². The van der Waals surface area contributed by atoms with Crippen molar-refractivity contribution < 1.29 is 9.90 Å². The van der Waals surface area contributed by atoms with Crippen molar-refractivity contribution in [2.24, 2.45) is 0 Å². The molecule has 0 radical (unpaired) electrons. The molecule has 1 aromatic rings. The van der Waals surface area contributed by atoms with Crippen molar-refractivity contribution in [1.82, 2.24) is 5.32 Å². The maximum atomic E-state index is 11.9. The molecule has 2 N–H and O–H groups in total. The highest BCUT2D eigenvalue weighted by Crippen LogP contribution is 2.23. The lowest BCUT2D eigenvalue weighted by Crippen LogP contribution is -2.58. The minimum absolute atomic E-state index is 0.0833.